The van der Waals surface area contributed by atoms with Gasteiger partial charge in [0.2, 0.25) is 11.8 Å². The van der Waals surface area contributed by atoms with Crippen LogP contribution in [0.2, 0.25) is 0 Å². The van der Waals surface area contributed by atoms with Gasteiger partial charge in [0, 0.05) is 39.1 Å². The van der Waals surface area contributed by atoms with Crippen LogP contribution < -0.4 is 14.4 Å². The molecule has 2 aliphatic heterocycles. The lowest BCUT2D eigenvalue weighted by Crippen LogP contribution is -2.45. The summed E-state index contributed by atoms with van der Waals surface area (Å²) in [6.07, 6.45) is 0.592. The number of piperazine rings is 1. The fraction of sp³-hybridized carbons (Fsp3) is 0.370. The van der Waals surface area contributed by atoms with Crippen LogP contribution in [0.4, 0.5) is 10.3 Å². The average molecular weight is 492 g/mol. The van der Waals surface area contributed by atoms with Gasteiger partial charge in [-0.15, -0.1) is 0 Å². The van der Waals surface area contributed by atoms with Crippen LogP contribution in [0.1, 0.15) is 16.8 Å². The minimum Gasteiger partial charge on any atom is -0.484 e. The van der Waals surface area contributed by atoms with Crippen molar-refractivity contribution < 1.29 is 18.7 Å². The Balaban J connectivity index is 1.39. The molecule has 5 rings (SSSR count). The molecule has 1 amide bonds. The molecule has 0 N–H and O–H groups in total. The largest absolute Gasteiger partial charge is 0.484 e. The average Bonchev–Trinajstić information content (AvgIpc) is 2.90. The van der Waals surface area contributed by atoms with E-state index < -0.39 is 0 Å². The number of nitrogens with zero attached hydrogens (tertiary/aromatic N) is 5. The van der Waals surface area contributed by atoms with Crippen molar-refractivity contribution in [3.63, 3.8) is 0 Å². The van der Waals surface area contributed by atoms with Gasteiger partial charge in [-0.25, -0.2) is 9.37 Å². The molecule has 1 fully saturated rings. The Morgan fingerprint density at radius 2 is 1.78 bits per heavy atom. The first-order valence-corrected chi connectivity index (χ1v) is 12.2. The standard InChI is InChI=1S/C27H30FN5O3/c1-19-16-21(8-9-23(19)28)36-26-22-17-33(25(34)18-35-20-6-4-3-5-7-20)11-10-24(22)29-27(30-26)32-14-12-31(2)13-15-32/h3-9,16H,10-15,17-18H2,1-2H3. The highest BCUT2D eigenvalue weighted by Gasteiger charge is 2.28. The third-order valence-corrected chi connectivity index (χ3v) is 6.60. The maximum absolute atomic E-state index is 13.8. The molecule has 3 aromatic rings. The van der Waals surface area contributed by atoms with E-state index in [1.54, 1.807) is 24.0 Å². The third-order valence-electron chi connectivity index (χ3n) is 6.60. The van der Waals surface area contributed by atoms with E-state index in [1.807, 2.05) is 30.3 Å². The predicted octanol–water partition coefficient (Wildman–Crippen LogP) is 3.43. The SMILES string of the molecule is Cc1cc(Oc2nc(N3CCN(C)CC3)nc3c2CN(C(=O)COc2ccccc2)CC3)ccc1F. The number of amides is 1. The van der Waals surface area contributed by atoms with Crippen molar-refractivity contribution in [1.82, 2.24) is 19.8 Å². The number of aryl methyl sites for hydroxylation is 1. The highest BCUT2D eigenvalue weighted by molar-refractivity contribution is 5.78. The fourth-order valence-corrected chi connectivity index (χ4v) is 4.36. The van der Waals surface area contributed by atoms with Crippen LogP contribution in [0.5, 0.6) is 17.4 Å². The molecule has 0 aliphatic carbocycles. The number of hydrogen-bond donors (Lipinski definition) is 0. The predicted molar refractivity (Wildman–Crippen MR) is 134 cm³/mol. The van der Waals surface area contributed by atoms with E-state index >= 15 is 0 Å². The number of halogens is 1. The molecule has 9 heteroatoms. The number of hydrogen-bond acceptors (Lipinski definition) is 7. The van der Waals surface area contributed by atoms with E-state index in [0.717, 1.165) is 37.4 Å². The Hall–Kier alpha value is -3.72. The Morgan fingerprint density at radius 3 is 2.53 bits per heavy atom. The lowest BCUT2D eigenvalue weighted by atomic mass is 10.1. The molecule has 8 nitrogen and oxygen atoms in total. The maximum atomic E-state index is 13.8. The van der Waals surface area contributed by atoms with Gasteiger partial charge in [0.25, 0.3) is 5.91 Å². The minimum absolute atomic E-state index is 0.0487. The highest BCUT2D eigenvalue weighted by Crippen LogP contribution is 2.32. The number of benzene rings is 2. The van der Waals surface area contributed by atoms with Crippen LogP contribution in [0.25, 0.3) is 0 Å². The summed E-state index contributed by atoms with van der Waals surface area (Å²) in [5.41, 5.74) is 2.14. The summed E-state index contributed by atoms with van der Waals surface area (Å²) in [5.74, 6) is 1.77. The number of anilines is 1. The van der Waals surface area contributed by atoms with Crippen molar-refractivity contribution in [3.8, 4) is 17.4 Å². The maximum Gasteiger partial charge on any atom is 0.260 e. The molecule has 2 aromatic carbocycles. The lowest BCUT2D eigenvalue weighted by Gasteiger charge is -2.34. The van der Waals surface area contributed by atoms with E-state index in [1.165, 1.54) is 6.07 Å². The molecule has 0 spiro atoms. The van der Waals surface area contributed by atoms with E-state index in [0.29, 0.717) is 48.4 Å². The molecule has 188 valence electrons. The fourth-order valence-electron chi connectivity index (χ4n) is 4.36. The van der Waals surface area contributed by atoms with Crippen LogP contribution in [0, 0.1) is 12.7 Å². The zero-order valence-corrected chi connectivity index (χ0v) is 20.6. The van der Waals surface area contributed by atoms with Crippen molar-refractivity contribution in [3.05, 3.63) is 71.2 Å². The number of rotatable bonds is 6. The summed E-state index contributed by atoms with van der Waals surface area (Å²) < 4.78 is 25.7. The summed E-state index contributed by atoms with van der Waals surface area (Å²) >= 11 is 0. The van der Waals surface area contributed by atoms with Crippen molar-refractivity contribution in [2.45, 2.75) is 19.9 Å². The van der Waals surface area contributed by atoms with Crippen molar-refractivity contribution in [1.29, 1.82) is 0 Å². The zero-order valence-electron chi connectivity index (χ0n) is 20.6. The summed E-state index contributed by atoms with van der Waals surface area (Å²) in [5, 5.41) is 0. The van der Waals surface area contributed by atoms with Gasteiger partial charge >= 0.3 is 0 Å². The number of likely N-dealkylation sites (N-methyl/N-ethyl adjacent to an activating group) is 1. The smallest absolute Gasteiger partial charge is 0.260 e. The first-order chi connectivity index (χ1) is 17.5. The lowest BCUT2D eigenvalue weighted by molar-refractivity contribution is -0.134. The Kier molecular flexibility index (Phi) is 6.99. The Labute approximate surface area is 210 Å². The summed E-state index contributed by atoms with van der Waals surface area (Å²) in [4.78, 5) is 28.8. The van der Waals surface area contributed by atoms with E-state index in [-0.39, 0.29) is 18.3 Å². The van der Waals surface area contributed by atoms with Gasteiger partial charge in [-0.05, 0) is 49.9 Å². The highest BCUT2D eigenvalue weighted by atomic mass is 19.1. The van der Waals surface area contributed by atoms with E-state index in [2.05, 4.69) is 16.8 Å². The number of carbonyl (C=O) groups is 1. The molecular formula is C27H30FN5O3. The van der Waals surface area contributed by atoms with Crippen LogP contribution in [0.3, 0.4) is 0 Å². The summed E-state index contributed by atoms with van der Waals surface area (Å²) in [6, 6.07) is 13.9. The number of fused-ring (bicyclic) bond motifs is 1. The van der Waals surface area contributed by atoms with Crippen LogP contribution >= 0.6 is 0 Å². The zero-order chi connectivity index (χ0) is 25.1. The Bertz CT molecular complexity index is 1230. The number of para-hydroxylation sites is 1. The number of carbonyl (C=O) groups excluding carboxylic acids is 1. The molecule has 0 unspecified atom stereocenters. The topological polar surface area (TPSA) is 71.0 Å². The van der Waals surface area contributed by atoms with Gasteiger partial charge in [0.1, 0.15) is 17.3 Å². The quantitative estimate of drug-likeness (QED) is 0.523. The van der Waals surface area contributed by atoms with Gasteiger partial charge in [0.15, 0.2) is 6.61 Å². The molecule has 3 heterocycles. The van der Waals surface area contributed by atoms with Crippen molar-refractivity contribution in [2.24, 2.45) is 0 Å². The van der Waals surface area contributed by atoms with Gasteiger partial charge < -0.3 is 24.2 Å². The van der Waals surface area contributed by atoms with Crippen LogP contribution in [0.15, 0.2) is 48.5 Å². The van der Waals surface area contributed by atoms with Crippen molar-refractivity contribution >= 4 is 11.9 Å². The van der Waals surface area contributed by atoms with Gasteiger partial charge in [-0.3, -0.25) is 4.79 Å². The summed E-state index contributed by atoms with van der Waals surface area (Å²) in [6.45, 7) is 6.02. The molecule has 0 radical (unpaired) electrons. The minimum atomic E-state index is -0.291. The molecule has 0 atom stereocenters. The monoisotopic (exact) mass is 491 g/mol. The first-order valence-electron chi connectivity index (χ1n) is 12.2. The molecular weight excluding hydrogens is 461 g/mol. The van der Waals surface area contributed by atoms with E-state index in [9.17, 15) is 9.18 Å². The van der Waals surface area contributed by atoms with E-state index in [4.69, 9.17) is 19.4 Å². The number of aromatic nitrogens is 2. The summed E-state index contributed by atoms with van der Waals surface area (Å²) in [7, 11) is 2.10. The molecule has 36 heavy (non-hydrogen) atoms. The second-order valence-corrected chi connectivity index (χ2v) is 9.22. The number of ether oxygens (including phenoxy) is 2. The van der Waals surface area contributed by atoms with Crippen LogP contribution in [-0.2, 0) is 17.8 Å². The van der Waals surface area contributed by atoms with Crippen LogP contribution in [-0.4, -0.2) is 72.1 Å². The third kappa shape index (κ3) is 5.41. The molecule has 1 saturated heterocycles. The van der Waals surface area contributed by atoms with Gasteiger partial charge in [-0.2, -0.15) is 4.98 Å². The molecule has 0 bridgehead atoms. The van der Waals surface area contributed by atoms with Crippen molar-refractivity contribution in [2.75, 3.05) is 51.3 Å². The molecule has 1 aromatic heterocycles. The van der Waals surface area contributed by atoms with Gasteiger partial charge in [0.05, 0.1) is 17.8 Å². The first kappa shape index (κ1) is 24.0. The second-order valence-electron chi connectivity index (χ2n) is 9.22. The molecule has 0 saturated carbocycles. The van der Waals surface area contributed by atoms with Gasteiger partial charge in [-0.1, -0.05) is 18.2 Å². The Morgan fingerprint density at radius 1 is 1.00 bits per heavy atom. The normalized spacial score (nSPS) is 16.0. The molecule has 2 aliphatic rings. The second kappa shape index (κ2) is 10.5.